The summed E-state index contributed by atoms with van der Waals surface area (Å²) in [5, 5.41) is 9.25. The molecule has 0 spiro atoms. The van der Waals surface area contributed by atoms with E-state index in [-0.39, 0.29) is 18.4 Å². The first kappa shape index (κ1) is 16.4. The van der Waals surface area contributed by atoms with E-state index in [2.05, 4.69) is 15.0 Å². The molecular formula is C12H20N8O. The van der Waals surface area contributed by atoms with Gasteiger partial charge in [0.2, 0.25) is 23.8 Å². The predicted molar refractivity (Wildman–Crippen MR) is 80.1 cm³/mol. The molecule has 1 amide bonds. The van der Waals surface area contributed by atoms with Crippen LogP contribution in [0.15, 0.2) is 0 Å². The zero-order chi connectivity index (χ0) is 16.2. The summed E-state index contributed by atoms with van der Waals surface area (Å²) in [5.74, 6) is 0.771. The Morgan fingerprint density at radius 3 is 1.71 bits per heavy atom. The van der Waals surface area contributed by atoms with Gasteiger partial charge in [-0.05, 0) is 0 Å². The number of nitriles is 1. The quantitative estimate of drug-likeness (QED) is 0.523. The third-order valence-corrected chi connectivity index (χ3v) is 2.55. The van der Waals surface area contributed by atoms with E-state index < -0.39 is 0 Å². The molecule has 0 aliphatic heterocycles. The van der Waals surface area contributed by atoms with Crippen molar-refractivity contribution in [2.45, 2.75) is 0 Å². The van der Waals surface area contributed by atoms with Crippen molar-refractivity contribution in [2.24, 2.45) is 0 Å². The fourth-order valence-electron chi connectivity index (χ4n) is 1.29. The summed E-state index contributed by atoms with van der Waals surface area (Å²) in [4.78, 5) is 30.4. The number of amides is 1. The maximum absolute atomic E-state index is 11.8. The van der Waals surface area contributed by atoms with Crippen molar-refractivity contribution in [3.63, 3.8) is 0 Å². The Balaban J connectivity index is 3.20. The third kappa shape index (κ3) is 4.17. The van der Waals surface area contributed by atoms with E-state index in [9.17, 15) is 10.1 Å². The first-order valence-electron chi connectivity index (χ1n) is 6.24. The molecule has 0 N–H and O–H groups in total. The van der Waals surface area contributed by atoms with Crippen LogP contribution in [0.3, 0.4) is 0 Å². The number of carbonyl (C=O) groups is 1. The lowest BCUT2D eigenvalue weighted by atomic mass is 10.5. The van der Waals surface area contributed by atoms with Gasteiger partial charge in [-0.15, -0.1) is 0 Å². The van der Waals surface area contributed by atoms with Crippen LogP contribution in [0.2, 0.25) is 0 Å². The summed E-state index contributed by atoms with van der Waals surface area (Å²) in [6.45, 7) is -0.118. The topological polar surface area (TPSA) is 92.5 Å². The summed E-state index contributed by atoms with van der Waals surface area (Å²) in [6, 6.07) is 0. The third-order valence-electron chi connectivity index (χ3n) is 2.55. The molecule has 0 unspecified atom stereocenters. The molecule has 1 heterocycles. The van der Waals surface area contributed by atoms with Gasteiger partial charge in [0.15, 0.2) is 6.19 Å². The lowest BCUT2D eigenvalue weighted by molar-refractivity contribution is -0.127. The van der Waals surface area contributed by atoms with Gasteiger partial charge in [-0.2, -0.15) is 20.2 Å². The van der Waals surface area contributed by atoms with Crippen LogP contribution in [-0.2, 0) is 4.79 Å². The van der Waals surface area contributed by atoms with Crippen molar-refractivity contribution in [1.29, 1.82) is 5.26 Å². The number of rotatable bonds is 5. The minimum Gasteiger partial charge on any atom is -0.347 e. The van der Waals surface area contributed by atoms with Gasteiger partial charge in [-0.25, -0.2) is 4.90 Å². The van der Waals surface area contributed by atoms with Crippen LogP contribution in [0.5, 0.6) is 0 Å². The Morgan fingerprint density at radius 2 is 1.38 bits per heavy atom. The van der Waals surface area contributed by atoms with E-state index in [1.54, 1.807) is 52.1 Å². The van der Waals surface area contributed by atoms with Gasteiger partial charge < -0.3 is 14.7 Å². The molecule has 0 aliphatic carbocycles. The molecule has 0 atom stereocenters. The lowest BCUT2D eigenvalue weighted by Crippen LogP contribution is -2.35. The van der Waals surface area contributed by atoms with Crippen LogP contribution in [-0.4, -0.2) is 74.6 Å². The van der Waals surface area contributed by atoms with E-state index >= 15 is 0 Å². The summed E-state index contributed by atoms with van der Waals surface area (Å²) in [7, 11) is 10.4. The smallest absolute Gasteiger partial charge is 0.245 e. The van der Waals surface area contributed by atoms with Gasteiger partial charge in [0, 0.05) is 42.3 Å². The monoisotopic (exact) mass is 292 g/mol. The van der Waals surface area contributed by atoms with E-state index in [0.717, 1.165) is 4.90 Å². The SMILES string of the molecule is CN(C)C(=O)CN(C#N)c1nc(N(C)C)nc(N(C)C)n1. The molecule has 1 aromatic heterocycles. The van der Waals surface area contributed by atoms with Gasteiger partial charge in [0.25, 0.3) is 0 Å². The largest absolute Gasteiger partial charge is 0.347 e. The summed E-state index contributed by atoms with van der Waals surface area (Å²) >= 11 is 0. The minimum absolute atomic E-state index is 0.118. The maximum Gasteiger partial charge on any atom is 0.245 e. The van der Waals surface area contributed by atoms with Crippen molar-refractivity contribution < 1.29 is 4.79 Å². The molecule has 0 saturated heterocycles. The normalized spacial score (nSPS) is 9.76. The van der Waals surface area contributed by atoms with Gasteiger partial charge in [0.1, 0.15) is 6.54 Å². The van der Waals surface area contributed by atoms with Gasteiger partial charge >= 0.3 is 0 Å². The zero-order valence-electron chi connectivity index (χ0n) is 13.2. The Morgan fingerprint density at radius 1 is 0.952 bits per heavy atom. The standard InChI is InChI=1S/C12H20N8O/c1-17(2)9(21)7-20(8-13)12-15-10(18(3)4)14-11(16-12)19(5)6/h7H2,1-6H3. The molecule has 9 heteroatoms. The Labute approximate surface area is 124 Å². The predicted octanol–water partition coefficient (Wildman–Crippen LogP) is -0.621. The second kappa shape index (κ2) is 6.69. The first-order chi connectivity index (χ1) is 9.76. The van der Waals surface area contributed by atoms with Crippen molar-refractivity contribution in [3.8, 4) is 6.19 Å². The molecule has 1 aromatic rings. The van der Waals surface area contributed by atoms with Gasteiger partial charge in [-0.3, -0.25) is 4.79 Å². The van der Waals surface area contributed by atoms with Crippen molar-refractivity contribution >= 4 is 23.8 Å². The molecule has 0 saturated carbocycles. The Kier molecular flexibility index (Phi) is 5.24. The second-order valence-electron chi connectivity index (χ2n) is 5.00. The van der Waals surface area contributed by atoms with E-state index in [1.165, 1.54) is 4.90 Å². The van der Waals surface area contributed by atoms with Crippen LogP contribution >= 0.6 is 0 Å². The molecular weight excluding hydrogens is 272 g/mol. The summed E-state index contributed by atoms with van der Waals surface area (Å²) in [6.07, 6.45) is 1.93. The van der Waals surface area contributed by atoms with Crippen molar-refractivity contribution in [3.05, 3.63) is 0 Å². The van der Waals surface area contributed by atoms with Gasteiger partial charge in [-0.1, -0.05) is 0 Å². The second-order valence-corrected chi connectivity index (χ2v) is 5.00. The number of carbonyl (C=O) groups excluding carboxylic acids is 1. The highest BCUT2D eigenvalue weighted by Gasteiger charge is 2.18. The fraction of sp³-hybridized carbons (Fsp3) is 0.583. The Bertz CT molecular complexity index is 522. The number of likely N-dealkylation sites (N-methyl/N-ethyl adjacent to an activating group) is 1. The Hall–Kier alpha value is -2.63. The highest BCUT2D eigenvalue weighted by molar-refractivity contribution is 5.81. The number of anilines is 3. The molecule has 114 valence electrons. The molecule has 21 heavy (non-hydrogen) atoms. The maximum atomic E-state index is 11.8. The fourth-order valence-corrected chi connectivity index (χ4v) is 1.29. The van der Waals surface area contributed by atoms with Gasteiger partial charge in [0.05, 0.1) is 0 Å². The average molecular weight is 292 g/mol. The summed E-state index contributed by atoms with van der Waals surface area (Å²) < 4.78 is 0. The van der Waals surface area contributed by atoms with Crippen LogP contribution in [0.25, 0.3) is 0 Å². The molecule has 9 nitrogen and oxygen atoms in total. The first-order valence-corrected chi connectivity index (χ1v) is 6.24. The number of hydrogen-bond donors (Lipinski definition) is 0. The summed E-state index contributed by atoms with van der Waals surface area (Å²) in [5.41, 5.74) is 0. The minimum atomic E-state index is -0.213. The number of nitrogens with zero attached hydrogens (tertiary/aromatic N) is 8. The molecule has 0 fully saturated rings. The van der Waals surface area contributed by atoms with E-state index in [0.29, 0.717) is 11.9 Å². The average Bonchev–Trinajstić information content (AvgIpc) is 2.43. The highest BCUT2D eigenvalue weighted by atomic mass is 16.2. The highest BCUT2D eigenvalue weighted by Crippen LogP contribution is 2.16. The lowest BCUT2D eigenvalue weighted by Gasteiger charge is -2.20. The van der Waals surface area contributed by atoms with Crippen LogP contribution in [0.4, 0.5) is 17.8 Å². The molecule has 0 aromatic carbocycles. The zero-order valence-corrected chi connectivity index (χ0v) is 13.2. The van der Waals surface area contributed by atoms with Crippen LogP contribution in [0.1, 0.15) is 0 Å². The number of hydrogen-bond acceptors (Lipinski definition) is 8. The van der Waals surface area contributed by atoms with Crippen LogP contribution < -0.4 is 14.7 Å². The van der Waals surface area contributed by atoms with Crippen LogP contribution in [0, 0.1) is 11.5 Å². The molecule has 0 aliphatic rings. The van der Waals surface area contributed by atoms with E-state index in [1.807, 2.05) is 6.19 Å². The van der Waals surface area contributed by atoms with Crippen molar-refractivity contribution in [1.82, 2.24) is 19.9 Å². The van der Waals surface area contributed by atoms with E-state index in [4.69, 9.17) is 0 Å². The number of aromatic nitrogens is 3. The molecule has 0 bridgehead atoms. The van der Waals surface area contributed by atoms with Crippen molar-refractivity contribution in [2.75, 3.05) is 63.5 Å². The molecule has 1 rings (SSSR count). The molecule has 0 radical (unpaired) electrons.